The lowest BCUT2D eigenvalue weighted by atomic mass is 10.1. The number of ether oxygens (including phenoxy) is 1. The van der Waals surface area contributed by atoms with Crippen molar-refractivity contribution in [1.29, 1.82) is 5.26 Å². The molecule has 3 aromatic rings. The molecule has 0 aliphatic carbocycles. The van der Waals surface area contributed by atoms with Crippen LogP contribution >= 0.6 is 11.6 Å². The molecule has 152 valence electrons. The number of amides is 1. The fourth-order valence-electron chi connectivity index (χ4n) is 2.66. The molecule has 1 aromatic heterocycles. The maximum atomic E-state index is 12.6. The van der Waals surface area contributed by atoms with E-state index in [1.807, 2.05) is 6.07 Å². The number of nitrogens with zero attached hydrogens (tertiary/aromatic N) is 4. The minimum atomic E-state index is -0.650. The van der Waals surface area contributed by atoms with Crippen molar-refractivity contribution in [3.05, 3.63) is 64.9 Å². The van der Waals surface area contributed by atoms with E-state index in [0.717, 1.165) is 0 Å². The number of rotatable bonds is 7. The van der Waals surface area contributed by atoms with Gasteiger partial charge in [0.1, 0.15) is 0 Å². The molecule has 0 N–H and O–H groups in total. The van der Waals surface area contributed by atoms with E-state index in [0.29, 0.717) is 28.0 Å². The molecule has 1 heterocycles. The predicted octanol–water partition coefficient (Wildman–Crippen LogP) is 3.80. The van der Waals surface area contributed by atoms with Crippen molar-refractivity contribution in [2.45, 2.75) is 13.3 Å². The van der Waals surface area contributed by atoms with Gasteiger partial charge >= 0.3 is 5.97 Å². The summed E-state index contributed by atoms with van der Waals surface area (Å²) in [6.07, 6.45) is 0.128. The number of anilines is 1. The van der Waals surface area contributed by atoms with Crippen molar-refractivity contribution in [2.24, 2.45) is 0 Å². The summed E-state index contributed by atoms with van der Waals surface area (Å²) in [5.41, 5.74) is 1.46. The zero-order chi connectivity index (χ0) is 21.5. The van der Waals surface area contributed by atoms with E-state index in [9.17, 15) is 9.59 Å². The first-order chi connectivity index (χ1) is 14.5. The summed E-state index contributed by atoms with van der Waals surface area (Å²) in [5.74, 6) is -0.258. The normalized spacial score (nSPS) is 10.3. The highest BCUT2D eigenvalue weighted by Crippen LogP contribution is 2.21. The van der Waals surface area contributed by atoms with Gasteiger partial charge in [-0.25, -0.2) is 4.79 Å². The first-order valence-corrected chi connectivity index (χ1v) is 9.36. The molecule has 0 saturated heterocycles. The highest BCUT2D eigenvalue weighted by Gasteiger charge is 2.19. The van der Waals surface area contributed by atoms with Crippen LogP contribution in [0.5, 0.6) is 0 Å². The first-order valence-electron chi connectivity index (χ1n) is 8.98. The highest BCUT2D eigenvalue weighted by molar-refractivity contribution is 6.30. The number of halogens is 1. The molecule has 0 spiro atoms. The zero-order valence-electron chi connectivity index (χ0n) is 16.0. The fraction of sp³-hybridized carbons (Fsp3) is 0.190. The summed E-state index contributed by atoms with van der Waals surface area (Å²) in [5, 5.41) is 13.0. The van der Waals surface area contributed by atoms with Crippen LogP contribution in [0.2, 0.25) is 5.02 Å². The van der Waals surface area contributed by atoms with Gasteiger partial charge in [-0.15, -0.1) is 0 Å². The van der Waals surface area contributed by atoms with Gasteiger partial charge in [0.05, 0.1) is 18.1 Å². The molecular weight excluding hydrogens is 408 g/mol. The van der Waals surface area contributed by atoms with E-state index < -0.39 is 18.5 Å². The third kappa shape index (κ3) is 5.21. The van der Waals surface area contributed by atoms with Gasteiger partial charge in [-0.3, -0.25) is 4.79 Å². The average Bonchev–Trinajstić information content (AvgIpc) is 3.19. The quantitative estimate of drug-likeness (QED) is 0.530. The van der Waals surface area contributed by atoms with Gasteiger partial charge in [0.25, 0.3) is 11.8 Å². The molecule has 3 rings (SSSR count). The van der Waals surface area contributed by atoms with E-state index in [1.165, 1.54) is 4.90 Å². The summed E-state index contributed by atoms with van der Waals surface area (Å²) in [7, 11) is 0. The van der Waals surface area contributed by atoms with Crippen LogP contribution in [0.4, 0.5) is 5.69 Å². The number of benzene rings is 2. The molecule has 8 nitrogen and oxygen atoms in total. The summed E-state index contributed by atoms with van der Waals surface area (Å²) < 4.78 is 10.2. The molecule has 0 saturated carbocycles. The lowest BCUT2D eigenvalue weighted by Gasteiger charge is -2.21. The Bertz CT molecular complexity index is 1090. The van der Waals surface area contributed by atoms with Gasteiger partial charge < -0.3 is 14.2 Å². The van der Waals surface area contributed by atoms with E-state index in [1.54, 1.807) is 55.5 Å². The predicted molar refractivity (Wildman–Crippen MR) is 109 cm³/mol. The summed E-state index contributed by atoms with van der Waals surface area (Å²) in [4.78, 5) is 30.4. The Labute approximate surface area is 177 Å². The largest absolute Gasteiger partial charge is 0.452 e. The Balaban J connectivity index is 1.64. The molecule has 0 atom stereocenters. The van der Waals surface area contributed by atoms with Gasteiger partial charge in [0, 0.05) is 22.8 Å². The molecule has 0 bridgehead atoms. The van der Waals surface area contributed by atoms with Crippen molar-refractivity contribution >= 4 is 29.2 Å². The van der Waals surface area contributed by atoms with Crippen molar-refractivity contribution in [1.82, 2.24) is 10.1 Å². The van der Waals surface area contributed by atoms with Gasteiger partial charge in [-0.2, -0.15) is 10.2 Å². The van der Waals surface area contributed by atoms with E-state index >= 15 is 0 Å². The summed E-state index contributed by atoms with van der Waals surface area (Å²) >= 11 is 5.99. The summed E-state index contributed by atoms with van der Waals surface area (Å²) in [6, 6.07) is 15.1. The van der Waals surface area contributed by atoms with E-state index in [2.05, 4.69) is 10.1 Å². The topological polar surface area (TPSA) is 109 Å². The Morgan fingerprint density at radius 3 is 2.63 bits per heavy atom. The molecule has 0 unspecified atom stereocenters. The number of esters is 1. The highest BCUT2D eigenvalue weighted by atomic mass is 35.5. The number of aryl methyl sites for hydroxylation is 1. The second kappa shape index (κ2) is 9.67. The van der Waals surface area contributed by atoms with Crippen LogP contribution in [0, 0.1) is 18.3 Å². The molecule has 30 heavy (non-hydrogen) atoms. The van der Waals surface area contributed by atoms with Crippen LogP contribution in [-0.2, 0) is 9.53 Å². The van der Waals surface area contributed by atoms with Crippen molar-refractivity contribution < 1.29 is 18.8 Å². The first kappa shape index (κ1) is 21.0. The second-order valence-electron chi connectivity index (χ2n) is 6.23. The Morgan fingerprint density at radius 1 is 1.23 bits per heavy atom. The smallest absolute Gasteiger partial charge is 0.338 e. The molecule has 2 aromatic carbocycles. The average molecular weight is 425 g/mol. The number of carbonyl (C=O) groups excluding carboxylic acids is 2. The van der Waals surface area contributed by atoms with Crippen LogP contribution < -0.4 is 4.90 Å². The van der Waals surface area contributed by atoms with Crippen molar-refractivity contribution in [2.75, 3.05) is 18.1 Å². The SMILES string of the molecule is Cc1noc(-c2ccc(C(=O)OCC(=O)N(CCC#N)c3cccc(Cl)c3)cc2)n1. The Kier molecular flexibility index (Phi) is 6.78. The molecule has 0 aliphatic rings. The minimum Gasteiger partial charge on any atom is -0.452 e. The molecule has 9 heteroatoms. The van der Waals surface area contributed by atoms with Gasteiger partial charge in [-0.05, 0) is 49.4 Å². The van der Waals surface area contributed by atoms with E-state index in [4.69, 9.17) is 26.1 Å². The van der Waals surface area contributed by atoms with Crippen molar-refractivity contribution in [3.8, 4) is 17.5 Å². The lowest BCUT2D eigenvalue weighted by Crippen LogP contribution is -2.35. The maximum Gasteiger partial charge on any atom is 0.338 e. The van der Waals surface area contributed by atoms with E-state index in [-0.39, 0.29) is 18.5 Å². The van der Waals surface area contributed by atoms with Crippen molar-refractivity contribution in [3.63, 3.8) is 0 Å². The molecule has 0 aliphatic heterocycles. The fourth-order valence-corrected chi connectivity index (χ4v) is 2.84. The Hall–Kier alpha value is -3.70. The van der Waals surface area contributed by atoms with Crippen LogP contribution in [0.1, 0.15) is 22.6 Å². The third-order valence-electron chi connectivity index (χ3n) is 4.09. The minimum absolute atomic E-state index is 0.128. The van der Waals surface area contributed by atoms with Gasteiger partial charge in [0.2, 0.25) is 0 Å². The second-order valence-corrected chi connectivity index (χ2v) is 6.67. The van der Waals surface area contributed by atoms with Gasteiger partial charge in [0.15, 0.2) is 12.4 Å². The number of carbonyl (C=O) groups is 2. The zero-order valence-corrected chi connectivity index (χ0v) is 16.8. The number of hydrogen-bond donors (Lipinski definition) is 0. The number of nitriles is 1. The lowest BCUT2D eigenvalue weighted by molar-refractivity contribution is -0.121. The van der Waals surface area contributed by atoms with Crippen LogP contribution in [-0.4, -0.2) is 35.2 Å². The van der Waals surface area contributed by atoms with Crippen LogP contribution in [0.25, 0.3) is 11.5 Å². The standard InChI is InChI=1S/C21H17ClN4O4/c1-14-24-20(30-25-14)15-6-8-16(9-7-15)21(28)29-13-19(27)26(11-3-10-23)18-5-2-4-17(22)12-18/h2,4-9,12H,3,11,13H2,1H3. The van der Waals surface area contributed by atoms with Gasteiger partial charge in [-0.1, -0.05) is 22.8 Å². The third-order valence-corrected chi connectivity index (χ3v) is 4.33. The Morgan fingerprint density at radius 2 is 2.00 bits per heavy atom. The van der Waals surface area contributed by atoms with Crippen LogP contribution in [0.3, 0.4) is 0 Å². The number of hydrogen-bond acceptors (Lipinski definition) is 7. The molecular formula is C21H17ClN4O4. The number of aromatic nitrogens is 2. The molecule has 1 amide bonds. The molecule has 0 fully saturated rings. The monoisotopic (exact) mass is 424 g/mol. The van der Waals surface area contributed by atoms with Crippen LogP contribution in [0.15, 0.2) is 53.1 Å². The summed E-state index contributed by atoms with van der Waals surface area (Å²) in [6.45, 7) is 1.39. The maximum absolute atomic E-state index is 12.6. The molecule has 0 radical (unpaired) electrons.